The van der Waals surface area contributed by atoms with Crippen LogP contribution in [0.4, 0.5) is 16.2 Å². The molecule has 7 nitrogen and oxygen atoms in total. The zero-order valence-corrected chi connectivity index (χ0v) is 21.7. The highest BCUT2D eigenvalue weighted by molar-refractivity contribution is 6.09. The van der Waals surface area contributed by atoms with Crippen LogP contribution in [0.3, 0.4) is 0 Å². The van der Waals surface area contributed by atoms with Crippen molar-refractivity contribution >= 4 is 39.3 Å². The third-order valence-corrected chi connectivity index (χ3v) is 6.12. The van der Waals surface area contributed by atoms with E-state index in [1.807, 2.05) is 44.2 Å². The molecule has 0 unspecified atom stereocenters. The summed E-state index contributed by atoms with van der Waals surface area (Å²) >= 11 is 0. The molecular weight excluding hydrogens is 454 g/mol. The maximum absolute atomic E-state index is 11.8. The fraction of sp³-hybridized carbons (Fsp3) is 0.310. The molecule has 3 aromatic carbocycles. The number of carbonyl (C=O) groups excluding carboxylic acids is 1. The van der Waals surface area contributed by atoms with Gasteiger partial charge < -0.3 is 24.8 Å². The van der Waals surface area contributed by atoms with Gasteiger partial charge in [0.15, 0.2) is 11.5 Å². The van der Waals surface area contributed by atoms with Gasteiger partial charge in [0.25, 0.3) is 0 Å². The molecule has 36 heavy (non-hydrogen) atoms. The highest BCUT2D eigenvalue weighted by atomic mass is 16.5. The van der Waals surface area contributed by atoms with E-state index < -0.39 is 6.09 Å². The summed E-state index contributed by atoms with van der Waals surface area (Å²) in [6.45, 7) is 8.30. The summed E-state index contributed by atoms with van der Waals surface area (Å²) in [4.78, 5) is 16.7. The number of ether oxygens (including phenoxy) is 3. The predicted octanol–water partition coefficient (Wildman–Crippen LogP) is 6.44. The van der Waals surface area contributed by atoms with Crippen molar-refractivity contribution in [1.29, 1.82) is 0 Å². The Morgan fingerprint density at radius 3 is 2.31 bits per heavy atom. The first-order valence-electron chi connectivity index (χ1n) is 12.0. The Labute approximate surface area is 211 Å². The average molecular weight is 488 g/mol. The molecule has 0 fully saturated rings. The number of methoxy groups -OCH3 is 2. The Kier molecular flexibility index (Phi) is 7.48. The third kappa shape index (κ3) is 5.46. The van der Waals surface area contributed by atoms with Crippen molar-refractivity contribution in [3.8, 4) is 11.5 Å². The van der Waals surface area contributed by atoms with Crippen LogP contribution in [0.15, 0.2) is 48.5 Å². The van der Waals surface area contributed by atoms with E-state index in [1.54, 1.807) is 14.2 Å². The van der Waals surface area contributed by atoms with Gasteiger partial charge in [-0.3, -0.25) is 0 Å². The summed E-state index contributed by atoms with van der Waals surface area (Å²) < 4.78 is 16.4. The standard InChI is InChI=1S/C29H33N3O4/c1-17(2)30-29(33)36-11-10-20-8-7-9-21(14-20)31-28-22-12-18(3)19(4)13-24(22)32-25-16-27(35-6)26(34-5)15-23(25)28/h7-9,12-17H,10-11H2,1-6H3,(H,30,33)(H,31,32). The van der Waals surface area contributed by atoms with Crippen LogP contribution in [-0.2, 0) is 11.2 Å². The van der Waals surface area contributed by atoms with E-state index in [1.165, 1.54) is 11.1 Å². The first-order chi connectivity index (χ1) is 17.3. The lowest BCUT2D eigenvalue weighted by Gasteiger charge is -2.17. The third-order valence-electron chi connectivity index (χ3n) is 6.12. The predicted molar refractivity (Wildman–Crippen MR) is 145 cm³/mol. The Balaban J connectivity index is 1.72. The summed E-state index contributed by atoms with van der Waals surface area (Å²) in [7, 11) is 3.25. The van der Waals surface area contributed by atoms with Crippen LogP contribution < -0.4 is 20.1 Å². The number of amides is 1. The lowest BCUT2D eigenvalue weighted by atomic mass is 10.0. The van der Waals surface area contributed by atoms with Gasteiger partial charge in [-0.1, -0.05) is 12.1 Å². The molecule has 1 aromatic heterocycles. The minimum atomic E-state index is -0.399. The van der Waals surface area contributed by atoms with Gasteiger partial charge in [-0.2, -0.15) is 0 Å². The SMILES string of the molecule is COc1cc2nc3cc(C)c(C)cc3c(Nc3cccc(CCOC(=O)NC(C)C)c3)c2cc1OC. The summed E-state index contributed by atoms with van der Waals surface area (Å²) in [5.74, 6) is 1.28. The number of benzene rings is 3. The van der Waals surface area contributed by atoms with Crippen LogP contribution in [0, 0.1) is 13.8 Å². The number of alkyl carbamates (subject to hydrolysis) is 1. The summed E-state index contributed by atoms with van der Waals surface area (Å²) in [5, 5.41) is 8.33. The molecule has 0 aliphatic rings. The zero-order chi connectivity index (χ0) is 25.8. The number of carbonyl (C=O) groups is 1. The number of nitrogens with zero attached hydrogens (tertiary/aromatic N) is 1. The molecule has 0 saturated carbocycles. The fourth-order valence-electron chi connectivity index (χ4n) is 4.15. The average Bonchev–Trinajstić information content (AvgIpc) is 2.84. The Morgan fingerprint density at radius 2 is 1.58 bits per heavy atom. The Bertz CT molecular complexity index is 1420. The van der Waals surface area contributed by atoms with Gasteiger partial charge in [-0.25, -0.2) is 9.78 Å². The van der Waals surface area contributed by atoms with Crippen LogP contribution in [0.5, 0.6) is 11.5 Å². The van der Waals surface area contributed by atoms with Gasteiger partial charge in [0.05, 0.1) is 37.5 Å². The summed E-state index contributed by atoms with van der Waals surface area (Å²) in [6.07, 6.45) is 0.214. The second kappa shape index (κ2) is 10.7. The van der Waals surface area contributed by atoms with Crippen molar-refractivity contribution in [3.63, 3.8) is 0 Å². The zero-order valence-electron chi connectivity index (χ0n) is 21.7. The molecule has 188 valence electrons. The second-order valence-corrected chi connectivity index (χ2v) is 9.18. The van der Waals surface area contributed by atoms with Crippen LogP contribution in [0.2, 0.25) is 0 Å². The van der Waals surface area contributed by atoms with E-state index in [4.69, 9.17) is 19.2 Å². The normalized spacial score (nSPS) is 11.1. The van der Waals surface area contributed by atoms with E-state index in [0.29, 0.717) is 24.5 Å². The molecule has 0 atom stereocenters. The molecule has 4 aromatic rings. The Hall–Kier alpha value is -4.00. The highest BCUT2D eigenvalue weighted by Crippen LogP contribution is 2.39. The molecule has 0 saturated heterocycles. The van der Waals surface area contributed by atoms with Crippen LogP contribution in [0.25, 0.3) is 21.8 Å². The van der Waals surface area contributed by atoms with Gasteiger partial charge in [0.2, 0.25) is 0 Å². The maximum Gasteiger partial charge on any atom is 0.407 e. The van der Waals surface area contributed by atoms with E-state index in [0.717, 1.165) is 38.7 Å². The molecule has 0 aliphatic heterocycles. The van der Waals surface area contributed by atoms with Gasteiger partial charge in [-0.05, 0) is 74.7 Å². The molecule has 0 bridgehead atoms. The van der Waals surface area contributed by atoms with E-state index in [-0.39, 0.29) is 6.04 Å². The monoisotopic (exact) mass is 487 g/mol. The molecule has 0 spiro atoms. The Morgan fingerprint density at radius 1 is 0.917 bits per heavy atom. The maximum atomic E-state index is 11.8. The number of fused-ring (bicyclic) bond motifs is 2. The van der Waals surface area contributed by atoms with Crippen LogP contribution in [0.1, 0.15) is 30.5 Å². The van der Waals surface area contributed by atoms with Crippen LogP contribution >= 0.6 is 0 Å². The molecule has 2 N–H and O–H groups in total. The molecule has 0 radical (unpaired) electrons. The molecule has 4 rings (SSSR count). The van der Waals surface area contributed by atoms with E-state index in [2.05, 4.69) is 42.7 Å². The number of nitrogens with one attached hydrogen (secondary N) is 2. The topological polar surface area (TPSA) is 81.7 Å². The lowest BCUT2D eigenvalue weighted by molar-refractivity contribution is 0.145. The molecule has 1 amide bonds. The van der Waals surface area contributed by atoms with E-state index >= 15 is 0 Å². The number of aromatic nitrogens is 1. The van der Waals surface area contributed by atoms with Crippen molar-refractivity contribution < 1.29 is 19.0 Å². The van der Waals surface area contributed by atoms with Crippen molar-refractivity contribution in [2.45, 2.75) is 40.2 Å². The first kappa shape index (κ1) is 25.1. The smallest absolute Gasteiger partial charge is 0.407 e. The van der Waals surface area contributed by atoms with Crippen molar-refractivity contribution in [2.24, 2.45) is 0 Å². The number of pyridine rings is 1. The molecule has 0 aliphatic carbocycles. The molecule has 7 heteroatoms. The second-order valence-electron chi connectivity index (χ2n) is 9.18. The number of hydrogen-bond acceptors (Lipinski definition) is 6. The van der Waals surface area contributed by atoms with Gasteiger partial charge in [0.1, 0.15) is 0 Å². The van der Waals surface area contributed by atoms with Gasteiger partial charge >= 0.3 is 6.09 Å². The van der Waals surface area contributed by atoms with Gasteiger partial charge in [0, 0.05) is 35.0 Å². The summed E-state index contributed by atoms with van der Waals surface area (Å²) in [5.41, 5.74) is 7.03. The minimum Gasteiger partial charge on any atom is -0.493 e. The molecular formula is C29H33N3O4. The number of hydrogen-bond donors (Lipinski definition) is 2. The lowest BCUT2D eigenvalue weighted by Crippen LogP contribution is -2.31. The van der Waals surface area contributed by atoms with Crippen molar-refractivity contribution in [2.75, 3.05) is 26.1 Å². The minimum absolute atomic E-state index is 0.0426. The van der Waals surface area contributed by atoms with Crippen molar-refractivity contribution in [3.05, 3.63) is 65.2 Å². The quantitative estimate of drug-likeness (QED) is 0.278. The fourth-order valence-corrected chi connectivity index (χ4v) is 4.15. The van der Waals surface area contributed by atoms with E-state index in [9.17, 15) is 4.79 Å². The molecule has 1 heterocycles. The summed E-state index contributed by atoms with van der Waals surface area (Å²) in [6, 6.07) is 16.3. The highest BCUT2D eigenvalue weighted by Gasteiger charge is 2.15. The number of aryl methyl sites for hydroxylation is 2. The number of rotatable bonds is 8. The van der Waals surface area contributed by atoms with Crippen molar-refractivity contribution in [1.82, 2.24) is 10.3 Å². The van der Waals surface area contributed by atoms with Gasteiger partial charge in [-0.15, -0.1) is 0 Å². The van der Waals surface area contributed by atoms with Crippen LogP contribution in [-0.4, -0.2) is 37.9 Å². The number of anilines is 2. The first-order valence-corrected chi connectivity index (χ1v) is 12.0. The largest absolute Gasteiger partial charge is 0.493 e.